The Labute approximate surface area is 123 Å². The van der Waals surface area contributed by atoms with Crippen molar-refractivity contribution in [3.8, 4) is 0 Å². The highest BCUT2D eigenvalue weighted by Crippen LogP contribution is 2.16. The van der Waals surface area contributed by atoms with Gasteiger partial charge in [0, 0.05) is 12.2 Å². The maximum atomic E-state index is 12.3. The smallest absolute Gasteiger partial charge is 0.261 e. The number of hydrogen-bond donors (Lipinski definition) is 1. The van der Waals surface area contributed by atoms with Gasteiger partial charge in [0.1, 0.15) is 0 Å². The van der Waals surface area contributed by atoms with Crippen LogP contribution in [0, 0.1) is 0 Å². The highest BCUT2D eigenvalue weighted by Gasteiger charge is 2.28. The number of fused-ring (bicyclic) bond motifs is 1. The van der Waals surface area contributed by atoms with Crippen molar-refractivity contribution in [2.75, 3.05) is 11.5 Å². The van der Waals surface area contributed by atoms with Gasteiger partial charge in [-0.15, -0.1) is 0 Å². The molecule has 114 valence electrons. The standard InChI is InChI=1S/C14H19N3O3S/c1-14(2,3)21(19,20)7-6-17-9-16-12-5-4-10(15)8-11(12)13(17)18/h4-5,8-9H,6-7,15H2,1-3H3. The monoisotopic (exact) mass is 309 g/mol. The van der Waals surface area contributed by atoms with E-state index in [-0.39, 0.29) is 17.9 Å². The summed E-state index contributed by atoms with van der Waals surface area (Å²) in [5.41, 5.74) is 6.41. The Morgan fingerprint density at radius 1 is 1.29 bits per heavy atom. The highest BCUT2D eigenvalue weighted by molar-refractivity contribution is 7.92. The summed E-state index contributed by atoms with van der Waals surface area (Å²) in [6, 6.07) is 4.89. The number of anilines is 1. The first-order chi connectivity index (χ1) is 9.62. The Hall–Kier alpha value is -1.89. The number of nitrogens with zero attached hydrogens (tertiary/aromatic N) is 2. The number of aryl methyl sites for hydroxylation is 1. The third kappa shape index (κ3) is 3.07. The number of rotatable bonds is 3. The van der Waals surface area contributed by atoms with Crippen molar-refractivity contribution < 1.29 is 8.42 Å². The zero-order chi connectivity index (χ0) is 15.8. The number of nitrogen functional groups attached to an aromatic ring is 1. The molecule has 1 aromatic heterocycles. The molecule has 2 N–H and O–H groups in total. The van der Waals surface area contributed by atoms with Crippen LogP contribution in [0.1, 0.15) is 20.8 Å². The molecular weight excluding hydrogens is 290 g/mol. The zero-order valence-corrected chi connectivity index (χ0v) is 13.1. The molecule has 2 rings (SSSR count). The summed E-state index contributed by atoms with van der Waals surface area (Å²) in [7, 11) is -3.29. The van der Waals surface area contributed by atoms with Crippen LogP contribution in [0.25, 0.3) is 10.9 Å². The first kappa shape index (κ1) is 15.5. The summed E-state index contributed by atoms with van der Waals surface area (Å²) in [6.45, 7) is 5.01. The van der Waals surface area contributed by atoms with Gasteiger partial charge in [-0.1, -0.05) is 0 Å². The molecule has 0 radical (unpaired) electrons. The Balaban J connectivity index is 2.37. The summed E-state index contributed by atoms with van der Waals surface area (Å²) in [5, 5.41) is 0.394. The van der Waals surface area contributed by atoms with Gasteiger partial charge in [0.15, 0.2) is 9.84 Å². The summed E-state index contributed by atoms with van der Waals surface area (Å²) in [6.07, 6.45) is 1.37. The third-order valence-electron chi connectivity index (χ3n) is 3.38. The molecule has 21 heavy (non-hydrogen) atoms. The zero-order valence-electron chi connectivity index (χ0n) is 12.3. The van der Waals surface area contributed by atoms with Gasteiger partial charge in [-0.2, -0.15) is 0 Å². The van der Waals surface area contributed by atoms with Gasteiger partial charge in [0.25, 0.3) is 5.56 Å². The molecule has 0 saturated carbocycles. The van der Waals surface area contributed by atoms with Crippen molar-refractivity contribution >= 4 is 26.4 Å². The van der Waals surface area contributed by atoms with Crippen LogP contribution in [0.5, 0.6) is 0 Å². The Kier molecular flexibility index (Phi) is 3.79. The topological polar surface area (TPSA) is 95.1 Å². The van der Waals surface area contributed by atoms with Crippen LogP contribution in [-0.4, -0.2) is 28.5 Å². The fraction of sp³-hybridized carbons (Fsp3) is 0.429. The van der Waals surface area contributed by atoms with Crippen molar-refractivity contribution in [1.82, 2.24) is 9.55 Å². The summed E-state index contributed by atoms with van der Waals surface area (Å²) in [5.74, 6) is -0.105. The van der Waals surface area contributed by atoms with Crippen molar-refractivity contribution in [3.63, 3.8) is 0 Å². The average molecular weight is 309 g/mol. The Morgan fingerprint density at radius 3 is 2.57 bits per heavy atom. The van der Waals surface area contributed by atoms with E-state index in [4.69, 9.17) is 5.73 Å². The second-order valence-electron chi connectivity index (χ2n) is 5.95. The molecule has 0 atom stereocenters. The normalized spacial score (nSPS) is 12.7. The van der Waals surface area contributed by atoms with Gasteiger partial charge < -0.3 is 5.73 Å². The minimum absolute atomic E-state index is 0.0795. The lowest BCUT2D eigenvalue weighted by molar-refractivity contribution is 0.552. The molecule has 7 heteroatoms. The first-order valence-electron chi connectivity index (χ1n) is 6.59. The lowest BCUT2D eigenvalue weighted by Crippen LogP contribution is -2.33. The minimum atomic E-state index is -3.29. The van der Waals surface area contributed by atoms with Crippen LogP contribution < -0.4 is 11.3 Å². The minimum Gasteiger partial charge on any atom is -0.399 e. The molecule has 0 amide bonds. The van der Waals surface area contributed by atoms with Crippen LogP contribution >= 0.6 is 0 Å². The Morgan fingerprint density at radius 2 is 1.95 bits per heavy atom. The number of nitrogens with two attached hydrogens (primary N) is 1. The van der Waals surface area contributed by atoms with Gasteiger partial charge in [-0.05, 0) is 39.0 Å². The summed E-state index contributed by atoms with van der Waals surface area (Å²) in [4.78, 5) is 16.5. The second kappa shape index (κ2) is 5.14. The van der Waals surface area contributed by atoms with E-state index in [1.165, 1.54) is 10.9 Å². The van der Waals surface area contributed by atoms with E-state index in [2.05, 4.69) is 4.98 Å². The molecule has 2 aromatic rings. The fourth-order valence-corrected chi connectivity index (χ4v) is 2.91. The van der Waals surface area contributed by atoms with Crippen molar-refractivity contribution in [2.45, 2.75) is 32.1 Å². The quantitative estimate of drug-likeness (QED) is 0.859. The van der Waals surface area contributed by atoms with E-state index >= 15 is 0 Å². The van der Waals surface area contributed by atoms with Gasteiger partial charge in [-0.3, -0.25) is 9.36 Å². The van der Waals surface area contributed by atoms with E-state index < -0.39 is 14.6 Å². The molecule has 0 bridgehead atoms. The predicted molar refractivity (Wildman–Crippen MR) is 84.0 cm³/mol. The fourth-order valence-electron chi connectivity index (χ4n) is 1.86. The molecule has 0 saturated heterocycles. The largest absolute Gasteiger partial charge is 0.399 e. The van der Waals surface area contributed by atoms with Crippen LogP contribution in [0.2, 0.25) is 0 Å². The van der Waals surface area contributed by atoms with Crippen LogP contribution in [0.3, 0.4) is 0 Å². The van der Waals surface area contributed by atoms with Crippen molar-refractivity contribution in [3.05, 3.63) is 34.9 Å². The maximum absolute atomic E-state index is 12.3. The van der Waals surface area contributed by atoms with Crippen LogP contribution in [0.4, 0.5) is 5.69 Å². The second-order valence-corrected chi connectivity index (χ2v) is 8.81. The Bertz CT molecular complexity index is 833. The molecule has 0 aliphatic carbocycles. The number of hydrogen-bond acceptors (Lipinski definition) is 5. The molecular formula is C14H19N3O3S. The van der Waals surface area contributed by atoms with Gasteiger partial charge >= 0.3 is 0 Å². The number of aromatic nitrogens is 2. The lowest BCUT2D eigenvalue weighted by Gasteiger charge is -2.19. The third-order valence-corrected chi connectivity index (χ3v) is 5.97. The number of sulfone groups is 1. The van der Waals surface area contributed by atoms with E-state index in [1.54, 1.807) is 39.0 Å². The van der Waals surface area contributed by atoms with E-state index in [0.29, 0.717) is 16.6 Å². The van der Waals surface area contributed by atoms with E-state index in [1.807, 2.05) is 0 Å². The van der Waals surface area contributed by atoms with Crippen LogP contribution in [-0.2, 0) is 16.4 Å². The van der Waals surface area contributed by atoms with Gasteiger partial charge in [0.2, 0.25) is 0 Å². The van der Waals surface area contributed by atoms with Crippen molar-refractivity contribution in [2.24, 2.45) is 0 Å². The molecule has 0 spiro atoms. The summed E-state index contributed by atoms with van der Waals surface area (Å²) >= 11 is 0. The molecule has 0 aliphatic rings. The lowest BCUT2D eigenvalue weighted by atomic mass is 10.2. The maximum Gasteiger partial charge on any atom is 0.261 e. The van der Waals surface area contributed by atoms with Crippen molar-refractivity contribution in [1.29, 1.82) is 0 Å². The molecule has 1 aromatic carbocycles. The van der Waals surface area contributed by atoms with Gasteiger partial charge in [0.05, 0.1) is 27.7 Å². The summed E-state index contributed by atoms with van der Waals surface area (Å²) < 4.78 is 24.7. The highest BCUT2D eigenvalue weighted by atomic mass is 32.2. The van der Waals surface area contributed by atoms with Gasteiger partial charge in [-0.25, -0.2) is 13.4 Å². The molecule has 0 unspecified atom stereocenters. The van der Waals surface area contributed by atoms with E-state index in [0.717, 1.165) is 0 Å². The molecule has 1 heterocycles. The first-order valence-corrected chi connectivity index (χ1v) is 8.24. The predicted octanol–water partition coefficient (Wildman–Crippen LogP) is 1.19. The average Bonchev–Trinajstić information content (AvgIpc) is 2.37. The molecule has 6 nitrogen and oxygen atoms in total. The number of benzene rings is 1. The SMILES string of the molecule is CC(C)(C)S(=O)(=O)CCn1cnc2ccc(N)cc2c1=O. The van der Waals surface area contributed by atoms with E-state index in [9.17, 15) is 13.2 Å². The molecule has 0 aliphatic heterocycles. The molecule has 0 fully saturated rings. The van der Waals surface area contributed by atoms with Crippen LogP contribution in [0.15, 0.2) is 29.3 Å².